The second kappa shape index (κ2) is 5.49. The van der Waals surface area contributed by atoms with Crippen LogP contribution in [0.1, 0.15) is 22.9 Å². The van der Waals surface area contributed by atoms with Crippen LogP contribution in [0.25, 0.3) is 0 Å². The van der Waals surface area contributed by atoms with Crippen molar-refractivity contribution in [3.63, 3.8) is 0 Å². The van der Waals surface area contributed by atoms with E-state index in [9.17, 15) is 4.79 Å². The fourth-order valence-electron chi connectivity index (χ4n) is 1.41. The Morgan fingerprint density at radius 2 is 2.44 bits per heavy atom. The number of nitrogens with zero attached hydrogens (tertiary/aromatic N) is 4. The molecular formula is C10H12N4O2S2. The molecule has 0 aliphatic rings. The van der Waals surface area contributed by atoms with E-state index in [-0.39, 0.29) is 11.8 Å². The zero-order valence-corrected chi connectivity index (χ0v) is 11.5. The van der Waals surface area contributed by atoms with Crippen molar-refractivity contribution in [1.82, 2.24) is 19.7 Å². The fraction of sp³-hybridized carbons (Fsp3) is 0.400. The summed E-state index contributed by atoms with van der Waals surface area (Å²) in [6.07, 6.45) is 3.43. The lowest BCUT2D eigenvalue weighted by molar-refractivity contribution is -0.133. The quantitative estimate of drug-likeness (QED) is 0.844. The highest BCUT2D eigenvalue weighted by Gasteiger charge is 2.16. The van der Waals surface area contributed by atoms with Crippen LogP contribution in [-0.2, 0) is 4.79 Å². The summed E-state index contributed by atoms with van der Waals surface area (Å²) in [4.78, 5) is 16.0. The lowest BCUT2D eigenvalue weighted by Crippen LogP contribution is -2.08. The summed E-state index contributed by atoms with van der Waals surface area (Å²) in [6.45, 7) is 3.99. The standard InChI is InChI=1S/C10H12N4O2S2/c1-6-3-11-9(18-6)7(2)14-5-12-13-10(14)17-4-8(15)16/h3,5,7H,4H2,1-2H3,(H,15,16). The highest BCUT2D eigenvalue weighted by molar-refractivity contribution is 7.99. The van der Waals surface area contributed by atoms with Crippen molar-refractivity contribution in [3.05, 3.63) is 22.4 Å². The first kappa shape index (κ1) is 13.0. The van der Waals surface area contributed by atoms with Gasteiger partial charge < -0.3 is 5.11 Å². The Kier molecular flexibility index (Phi) is 3.97. The molecule has 0 radical (unpaired) electrons. The summed E-state index contributed by atoms with van der Waals surface area (Å²) in [5.41, 5.74) is 0. The first-order valence-corrected chi connectivity index (χ1v) is 7.04. The average Bonchev–Trinajstić information content (AvgIpc) is 2.93. The van der Waals surface area contributed by atoms with Gasteiger partial charge in [-0.1, -0.05) is 11.8 Å². The smallest absolute Gasteiger partial charge is 0.313 e. The lowest BCUT2D eigenvalue weighted by atomic mass is 10.3. The molecule has 0 amide bonds. The van der Waals surface area contributed by atoms with E-state index in [1.165, 1.54) is 0 Å². The summed E-state index contributed by atoms with van der Waals surface area (Å²) in [7, 11) is 0. The van der Waals surface area contributed by atoms with Crippen molar-refractivity contribution in [1.29, 1.82) is 0 Å². The Hall–Kier alpha value is -1.41. The Labute approximate surface area is 112 Å². The maximum absolute atomic E-state index is 10.6. The molecule has 1 unspecified atom stereocenters. The molecule has 8 heteroatoms. The number of thioether (sulfide) groups is 1. The summed E-state index contributed by atoms with van der Waals surface area (Å²) >= 11 is 2.77. The summed E-state index contributed by atoms with van der Waals surface area (Å²) in [5.74, 6) is -0.894. The van der Waals surface area contributed by atoms with E-state index in [0.717, 1.165) is 21.6 Å². The van der Waals surface area contributed by atoms with Gasteiger partial charge in [-0.25, -0.2) is 4.98 Å². The predicted octanol–water partition coefficient (Wildman–Crippen LogP) is 1.83. The van der Waals surface area contributed by atoms with Gasteiger partial charge in [0.05, 0.1) is 11.8 Å². The number of carboxylic acid groups (broad SMARTS) is 1. The number of aryl methyl sites for hydroxylation is 1. The number of aromatic nitrogens is 4. The molecule has 18 heavy (non-hydrogen) atoms. The van der Waals surface area contributed by atoms with Gasteiger partial charge >= 0.3 is 5.97 Å². The normalized spacial score (nSPS) is 12.6. The Bertz CT molecular complexity index is 552. The highest BCUT2D eigenvalue weighted by Crippen LogP contribution is 2.26. The highest BCUT2D eigenvalue weighted by atomic mass is 32.2. The van der Waals surface area contributed by atoms with E-state index in [0.29, 0.717) is 5.16 Å². The van der Waals surface area contributed by atoms with Crippen LogP contribution >= 0.6 is 23.1 Å². The maximum Gasteiger partial charge on any atom is 0.313 e. The zero-order chi connectivity index (χ0) is 13.1. The van der Waals surface area contributed by atoms with E-state index in [4.69, 9.17) is 5.11 Å². The van der Waals surface area contributed by atoms with Crippen LogP contribution in [0.15, 0.2) is 17.7 Å². The molecule has 96 valence electrons. The van der Waals surface area contributed by atoms with Crippen LogP contribution in [0.3, 0.4) is 0 Å². The van der Waals surface area contributed by atoms with Crippen LogP contribution < -0.4 is 0 Å². The average molecular weight is 284 g/mol. The van der Waals surface area contributed by atoms with Gasteiger partial charge in [0.2, 0.25) is 0 Å². The molecule has 2 rings (SSSR count). The molecule has 2 aromatic heterocycles. The molecule has 0 bridgehead atoms. The topological polar surface area (TPSA) is 80.9 Å². The van der Waals surface area contributed by atoms with Gasteiger partial charge in [-0.05, 0) is 13.8 Å². The van der Waals surface area contributed by atoms with Crippen molar-refractivity contribution in [2.75, 3.05) is 5.75 Å². The van der Waals surface area contributed by atoms with Gasteiger partial charge in [0.25, 0.3) is 0 Å². The minimum absolute atomic E-state index is 0.00925. The molecule has 0 aliphatic carbocycles. The van der Waals surface area contributed by atoms with Crippen LogP contribution in [0.4, 0.5) is 0 Å². The third-order valence-electron chi connectivity index (χ3n) is 2.28. The monoisotopic (exact) mass is 284 g/mol. The summed E-state index contributed by atoms with van der Waals surface area (Å²) in [6, 6.07) is 0.00925. The second-order valence-electron chi connectivity index (χ2n) is 3.69. The third kappa shape index (κ3) is 2.88. The molecule has 1 N–H and O–H groups in total. The van der Waals surface area contributed by atoms with Crippen LogP contribution in [0.2, 0.25) is 0 Å². The molecule has 0 saturated carbocycles. The fourth-order valence-corrected chi connectivity index (χ4v) is 2.95. The van der Waals surface area contributed by atoms with Gasteiger partial charge in [-0.3, -0.25) is 9.36 Å². The summed E-state index contributed by atoms with van der Waals surface area (Å²) < 4.78 is 1.84. The molecule has 0 aliphatic heterocycles. The SMILES string of the molecule is Cc1cnc(C(C)n2cnnc2SCC(=O)O)s1. The predicted molar refractivity (Wildman–Crippen MR) is 69.0 cm³/mol. The zero-order valence-electron chi connectivity index (χ0n) is 9.90. The number of hydrogen-bond donors (Lipinski definition) is 1. The Morgan fingerprint density at radius 3 is 3.06 bits per heavy atom. The number of carbonyl (C=O) groups is 1. The molecule has 0 saturated heterocycles. The second-order valence-corrected chi connectivity index (χ2v) is 5.90. The van der Waals surface area contributed by atoms with Crippen molar-refractivity contribution in [2.45, 2.75) is 25.0 Å². The van der Waals surface area contributed by atoms with Crippen molar-refractivity contribution in [3.8, 4) is 0 Å². The number of carboxylic acids is 1. The van der Waals surface area contributed by atoms with Gasteiger partial charge in [0.1, 0.15) is 11.3 Å². The molecule has 1 atom stereocenters. The van der Waals surface area contributed by atoms with Gasteiger partial charge in [0.15, 0.2) is 5.16 Å². The lowest BCUT2D eigenvalue weighted by Gasteiger charge is -2.11. The molecule has 0 fully saturated rings. The van der Waals surface area contributed by atoms with Gasteiger partial charge in [0, 0.05) is 11.1 Å². The largest absolute Gasteiger partial charge is 0.481 e. The van der Waals surface area contributed by atoms with E-state index < -0.39 is 5.97 Å². The number of aliphatic carboxylic acids is 1. The summed E-state index contributed by atoms with van der Waals surface area (Å²) in [5, 5.41) is 18.0. The molecule has 6 nitrogen and oxygen atoms in total. The van der Waals surface area contributed by atoms with Crippen LogP contribution in [-0.4, -0.2) is 36.6 Å². The van der Waals surface area contributed by atoms with Gasteiger partial charge in [-0.15, -0.1) is 21.5 Å². The number of rotatable bonds is 5. The minimum atomic E-state index is -0.868. The van der Waals surface area contributed by atoms with E-state index in [2.05, 4.69) is 15.2 Å². The van der Waals surface area contributed by atoms with E-state index in [1.54, 1.807) is 17.7 Å². The number of thiazole rings is 1. The molecule has 2 heterocycles. The first-order chi connectivity index (χ1) is 8.58. The van der Waals surface area contributed by atoms with Crippen LogP contribution in [0.5, 0.6) is 0 Å². The number of hydrogen-bond acceptors (Lipinski definition) is 6. The van der Waals surface area contributed by atoms with E-state index in [1.807, 2.05) is 24.6 Å². The first-order valence-electron chi connectivity index (χ1n) is 5.24. The molecule has 2 aromatic rings. The van der Waals surface area contributed by atoms with E-state index >= 15 is 0 Å². The minimum Gasteiger partial charge on any atom is -0.481 e. The van der Waals surface area contributed by atoms with Gasteiger partial charge in [-0.2, -0.15) is 0 Å². The Balaban J connectivity index is 2.17. The molecule has 0 spiro atoms. The van der Waals surface area contributed by atoms with Crippen molar-refractivity contribution < 1.29 is 9.90 Å². The Morgan fingerprint density at radius 1 is 1.67 bits per heavy atom. The maximum atomic E-state index is 10.6. The van der Waals surface area contributed by atoms with Crippen molar-refractivity contribution >= 4 is 29.1 Å². The van der Waals surface area contributed by atoms with Crippen LogP contribution in [0, 0.1) is 6.92 Å². The third-order valence-corrected chi connectivity index (χ3v) is 4.30. The molecular weight excluding hydrogens is 272 g/mol. The molecule has 0 aromatic carbocycles. The van der Waals surface area contributed by atoms with Crippen molar-refractivity contribution in [2.24, 2.45) is 0 Å².